The number of hydrogen-bond acceptors (Lipinski definition) is 4. The third-order valence-corrected chi connectivity index (χ3v) is 4.08. The van der Waals surface area contributed by atoms with Gasteiger partial charge in [-0.15, -0.1) is 12.4 Å². The lowest BCUT2D eigenvalue weighted by Crippen LogP contribution is -2.48. The molecule has 2 rings (SSSR count). The van der Waals surface area contributed by atoms with Crippen molar-refractivity contribution in [3.05, 3.63) is 0 Å². The van der Waals surface area contributed by atoms with Gasteiger partial charge in [0.05, 0.1) is 0 Å². The van der Waals surface area contributed by atoms with Gasteiger partial charge in [0.25, 0.3) is 5.91 Å². The van der Waals surface area contributed by atoms with Gasteiger partial charge in [0.2, 0.25) is 0 Å². The summed E-state index contributed by atoms with van der Waals surface area (Å²) in [5.74, 6) is -0.140. The molecule has 2 heterocycles. The summed E-state index contributed by atoms with van der Waals surface area (Å²) in [4.78, 5) is 27.5. The highest BCUT2D eigenvalue weighted by Crippen LogP contribution is 2.19. The molecule has 0 bridgehead atoms. The second-order valence-corrected chi connectivity index (χ2v) is 5.93. The third-order valence-electron chi connectivity index (χ3n) is 4.08. The molecule has 0 aromatic carbocycles. The first-order valence-electron chi connectivity index (χ1n) is 7.04. The predicted octanol–water partition coefficient (Wildman–Crippen LogP) is 0.552. The molecule has 2 fully saturated rings. The van der Waals surface area contributed by atoms with E-state index in [-0.39, 0.29) is 24.3 Å². The number of hydrogen-bond donors (Lipinski definition) is 2. The maximum Gasteiger partial charge on any atom is 0.325 e. The van der Waals surface area contributed by atoms with Gasteiger partial charge in [-0.1, -0.05) is 6.42 Å². The molecule has 0 saturated carbocycles. The number of urea groups is 1. The Labute approximate surface area is 126 Å². The monoisotopic (exact) mass is 304 g/mol. The second kappa shape index (κ2) is 6.74. The number of likely N-dealkylation sites (tertiary alicyclic amines) is 1. The van der Waals surface area contributed by atoms with Crippen molar-refractivity contribution in [1.82, 2.24) is 15.1 Å². The summed E-state index contributed by atoms with van der Waals surface area (Å²) in [5, 5.41) is 2.70. The smallest absolute Gasteiger partial charge is 0.325 e. The molecule has 0 radical (unpaired) electrons. The van der Waals surface area contributed by atoms with Crippen molar-refractivity contribution in [3.8, 4) is 0 Å². The zero-order chi connectivity index (χ0) is 14.0. The van der Waals surface area contributed by atoms with Crippen molar-refractivity contribution in [2.45, 2.75) is 44.7 Å². The van der Waals surface area contributed by atoms with Crippen molar-refractivity contribution in [2.24, 2.45) is 5.73 Å². The lowest BCUT2D eigenvalue weighted by Gasteiger charge is -2.35. The quantitative estimate of drug-likeness (QED) is 0.744. The van der Waals surface area contributed by atoms with E-state index >= 15 is 0 Å². The Hall–Kier alpha value is -0.850. The van der Waals surface area contributed by atoms with Gasteiger partial charge >= 0.3 is 6.03 Å². The Balaban J connectivity index is 0.00000200. The van der Waals surface area contributed by atoms with Crippen LogP contribution in [0.5, 0.6) is 0 Å². The number of carbonyl (C=O) groups excluding carboxylic acids is 2. The molecule has 0 spiro atoms. The Bertz CT molecular complexity index is 375. The van der Waals surface area contributed by atoms with E-state index < -0.39 is 5.54 Å². The first-order valence-corrected chi connectivity index (χ1v) is 7.04. The van der Waals surface area contributed by atoms with Gasteiger partial charge in [0.1, 0.15) is 5.54 Å². The number of imide groups is 1. The van der Waals surface area contributed by atoms with Crippen LogP contribution >= 0.6 is 12.4 Å². The summed E-state index contributed by atoms with van der Waals surface area (Å²) in [6.45, 7) is 6.29. The fourth-order valence-electron chi connectivity index (χ4n) is 2.87. The van der Waals surface area contributed by atoms with Crippen LogP contribution in [0.3, 0.4) is 0 Å². The van der Waals surface area contributed by atoms with Crippen LogP contribution < -0.4 is 11.1 Å². The molecule has 6 nitrogen and oxygen atoms in total. The molecule has 2 aliphatic heterocycles. The average Bonchev–Trinajstić information content (AvgIpc) is 2.57. The van der Waals surface area contributed by atoms with Crippen molar-refractivity contribution in [2.75, 3.05) is 26.2 Å². The minimum Gasteiger partial charge on any atom is -0.329 e. The lowest BCUT2D eigenvalue weighted by atomic mass is 10.0. The molecule has 2 saturated heterocycles. The number of rotatable bonds is 4. The number of halogens is 1. The molecular formula is C13H25ClN4O2. The van der Waals surface area contributed by atoms with Gasteiger partial charge in [0.15, 0.2) is 0 Å². The van der Waals surface area contributed by atoms with Crippen LogP contribution in [0.25, 0.3) is 0 Å². The number of piperidine rings is 1. The highest BCUT2D eigenvalue weighted by atomic mass is 35.5. The molecular weight excluding hydrogens is 280 g/mol. The number of nitrogens with one attached hydrogen (secondary N) is 1. The molecule has 1 atom stereocenters. The molecule has 0 aliphatic carbocycles. The number of nitrogens with two attached hydrogens (primary N) is 1. The van der Waals surface area contributed by atoms with E-state index in [9.17, 15) is 9.59 Å². The normalized spacial score (nSPS) is 26.4. The summed E-state index contributed by atoms with van der Waals surface area (Å²) in [7, 11) is 0. The Morgan fingerprint density at radius 2 is 2.00 bits per heavy atom. The molecule has 3 N–H and O–H groups in total. The van der Waals surface area contributed by atoms with Crippen molar-refractivity contribution in [3.63, 3.8) is 0 Å². The topological polar surface area (TPSA) is 78.7 Å². The maximum atomic E-state index is 12.1. The summed E-state index contributed by atoms with van der Waals surface area (Å²) < 4.78 is 0. The van der Waals surface area contributed by atoms with Gasteiger partial charge in [-0.05, 0) is 33.2 Å². The summed E-state index contributed by atoms with van der Waals surface area (Å²) in [6, 6.07) is 0.110. The van der Waals surface area contributed by atoms with Crippen LogP contribution in [-0.2, 0) is 4.79 Å². The van der Waals surface area contributed by atoms with Crippen molar-refractivity contribution in [1.29, 1.82) is 0 Å². The van der Waals surface area contributed by atoms with E-state index in [2.05, 4.69) is 10.2 Å². The fraction of sp³-hybridized carbons (Fsp3) is 0.846. The summed E-state index contributed by atoms with van der Waals surface area (Å²) in [5.41, 5.74) is 5.00. The van der Waals surface area contributed by atoms with Crippen LogP contribution in [0.4, 0.5) is 4.79 Å². The number of nitrogens with zero attached hydrogens (tertiary/aromatic N) is 2. The third kappa shape index (κ3) is 3.42. The molecule has 0 aromatic heterocycles. The largest absolute Gasteiger partial charge is 0.329 e. The van der Waals surface area contributed by atoms with Gasteiger partial charge in [-0.3, -0.25) is 14.6 Å². The second-order valence-electron chi connectivity index (χ2n) is 5.93. The standard InChI is InChI=1S/C13H24N4O2.ClH/c1-13(2)11(18)17(12(19)15-13)8-7-16-6-4-3-5-10(16)9-14;/h10H,3-9,14H2,1-2H3,(H,15,19);1H. The fourth-order valence-corrected chi connectivity index (χ4v) is 2.87. The molecule has 3 amide bonds. The average molecular weight is 305 g/mol. The van der Waals surface area contributed by atoms with E-state index in [1.54, 1.807) is 13.8 Å². The molecule has 1 unspecified atom stereocenters. The first kappa shape index (κ1) is 17.2. The predicted molar refractivity (Wildman–Crippen MR) is 79.8 cm³/mol. The number of amides is 3. The van der Waals surface area contributed by atoms with E-state index in [1.807, 2.05) is 0 Å². The first-order chi connectivity index (χ1) is 8.95. The molecule has 0 aromatic rings. The van der Waals surface area contributed by atoms with Gasteiger partial charge in [0, 0.05) is 25.7 Å². The number of carbonyl (C=O) groups is 2. The molecule has 20 heavy (non-hydrogen) atoms. The van der Waals surface area contributed by atoms with E-state index in [1.165, 1.54) is 17.7 Å². The molecule has 2 aliphatic rings. The van der Waals surface area contributed by atoms with Crippen LogP contribution in [0.2, 0.25) is 0 Å². The maximum absolute atomic E-state index is 12.1. The molecule has 116 valence electrons. The van der Waals surface area contributed by atoms with Crippen LogP contribution in [-0.4, -0.2) is 59.5 Å². The Morgan fingerprint density at radius 1 is 1.30 bits per heavy atom. The SMILES string of the molecule is CC1(C)NC(=O)N(CCN2CCCCC2CN)C1=O.Cl. The Morgan fingerprint density at radius 3 is 2.55 bits per heavy atom. The van der Waals surface area contributed by atoms with E-state index in [4.69, 9.17) is 5.73 Å². The van der Waals surface area contributed by atoms with Gasteiger partial charge in [-0.25, -0.2) is 4.79 Å². The zero-order valence-electron chi connectivity index (χ0n) is 12.2. The minimum absolute atomic E-state index is 0. The van der Waals surface area contributed by atoms with E-state index in [0.29, 0.717) is 19.1 Å². The zero-order valence-corrected chi connectivity index (χ0v) is 13.0. The van der Waals surface area contributed by atoms with Gasteiger partial charge < -0.3 is 11.1 Å². The lowest BCUT2D eigenvalue weighted by molar-refractivity contribution is -0.130. The highest BCUT2D eigenvalue weighted by molar-refractivity contribution is 6.06. The van der Waals surface area contributed by atoms with Crippen molar-refractivity contribution >= 4 is 24.3 Å². The van der Waals surface area contributed by atoms with Crippen LogP contribution in [0.1, 0.15) is 33.1 Å². The van der Waals surface area contributed by atoms with Crippen LogP contribution in [0, 0.1) is 0 Å². The van der Waals surface area contributed by atoms with Gasteiger partial charge in [-0.2, -0.15) is 0 Å². The van der Waals surface area contributed by atoms with Crippen molar-refractivity contribution < 1.29 is 9.59 Å². The Kier molecular flexibility index (Phi) is 5.79. The summed E-state index contributed by atoms with van der Waals surface area (Å²) >= 11 is 0. The highest BCUT2D eigenvalue weighted by Gasteiger charge is 2.44. The summed E-state index contributed by atoms with van der Waals surface area (Å²) in [6.07, 6.45) is 3.50. The molecule has 7 heteroatoms. The van der Waals surface area contributed by atoms with Crippen LogP contribution in [0.15, 0.2) is 0 Å². The minimum atomic E-state index is -0.772. The van der Waals surface area contributed by atoms with E-state index in [0.717, 1.165) is 19.5 Å².